The van der Waals surface area contributed by atoms with Crippen LogP contribution < -0.4 is 19.8 Å². The highest BCUT2D eigenvalue weighted by molar-refractivity contribution is 6.93. The topological polar surface area (TPSA) is 26.6 Å². The lowest BCUT2D eigenvalue weighted by atomic mass is 9.28. The zero-order valence-electron chi connectivity index (χ0n) is 22.3. The molecule has 5 heteroatoms. The van der Waals surface area contributed by atoms with E-state index in [1.54, 1.807) is 0 Å². The molecule has 10 rings (SSSR count). The van der Waals surface area contributed by atoms with E-state index < -0.39 is 0 Å². The molecular formula is C36H25BN2O2. The molecule has 5 aliphatic rings. The maximum Gasteiger partial charge on any atom is 0.230 e. The molecule has 4 heterocycles. The van der Waals surface area contributed by atoms with Crippen LogP contribution in [0, 0.1) is 0 Å². The van der Waals surface area contributed by atoms with E-state index in [-0.39, 0.29) is 6.04 Å². The monoisotopic (exact) mass is 528 g/mol. The van der Waals surface area contributed by atoms with E-state index in [2.05, 4.69) is 113 Å². The Morgan fingerprint density at radius 1 is 0.707 bits per heavy atom. The molecule has 4 nitrogen and oxygen atoms in total. The van der Waals surface area contributed by atoms with Crippen LogP contribution in [0.1, 0.15) is 23.7 Å². The van der Waals surface area contributed by atoms with E-state index in [0.29, 0.717) is 12.5 Å². The van der Waals surface area contributed by atoms with E-state index in [4.69, 9.17) is 9.47 Å². The predicted octanol–water partition coefficient (Wildman–Crippen LogP) is 8.26. The van der Waals surface area contributed by atoms with Gasteiger partial charge in [0.2, 0.25) is 6.71 Å². The number of aryl methyl sites for hydroxylation is 1. The summed E-state index contributed by atoms with van der Waals surface area (Å²) in [6.07, 6.45) is 11.2. The second-order valence-electron chi connectivity index (χ2n) is 11.6. The molecule has 0 radical (unpaired) electrons. The lowest BCUT2D eigenvalue weighted by Gasteiger charge is -2.43. The first-order chi connectivity index (χ1) is 20.3. The Hall–Kier alpha value is -4.90. The lowest BCUT2D eigenvalue weighted by molar-refractivity contribution is 0.402. The minimum absolute atomic E-state index is 0.265. The van der Waals surface area contributed by atoms with Crippen LogP contribution in [0.3, 0.4) is 0 Å². The first-order valence-electron chi connectivity index (χ1n) is 14.5. The molecule has 0 saturated heterocycles. The van der Waals surface area contributed by atoms with Gasteiger partial charge in [-0.2, -0.15) is 0 Å². The molecule has 0 amide bonds. The van der Waals surface area contributed by atoms with Crippen molar-refractivity contribution >= 4 is 45.6 Å². The zero-order valence-corrected chi connectivity index (χ0v) is 22.3. The molecule has 0 bridgehead atoms. The lowest BCUT2D eigenvalue weighted by Crippen LogP contribution is -2.48. The van der Waals surface area contributed by atoms with Gasteiger partial charge in [0, 0.05) is 28.7 Å². The van der Waals surface area contributed by atoms with Crippen molar-refractivity contribution < 1.29 is 9.47 Å². The summed E-state index contributed by atoms with van der Waals surface area (Å²) in [7, 11) is 0. The fourth-order valence-corrected chi connectivity index (χ4v) is 7.98. The number of aromatic nitrogens is 1. The Kier molecular flexibility index (Phi) is 4.19. The standard InChI is InChI=1S/C36H25BN2O2/c1-3-11-28-25(9-1)37-26-10-2-6-14-31(26)40-34-20-18-23-24-21-22(17-19-27(24)39(28)36(23)35(34)37)38-29-12-4-7-15-32(29)41-33-16-8-5-13-30(33)38/h1-17,19,21,25,28H,18,20H2. The molecule has 0 saturated carbocycles. The van der Waals surface area contributed by atoms with Gasteiger partial charge in [-0.15, -0.1) is 0 Å². The summed E-state index contributed by atoms with van der Waals surface area (Å²) < 4.78 is 15.5. The van der Waals surface area contributed by atoms with Crippen molar-refractivity contribution in [2.24, 2.45) is 0 Å². The number of rotatable bonds is 1. The Labute approximate surface area is 238 Å². The second kappa shape index (κ2) is 7.85. The van der Waals surface area contributed by atoms with Crippen LogP contribution in [0.25, 0.3) is 16.4 Å². The number of benzene rings is 4. The Balaban J connectivity index is 1.23. The van der Waals surface area contributed by atoms with Gasteiger partial charge in [-0.05, 0) is 77.3 Å². The number of para-hydroxylation sites is 5. The number of nitrogens with zero attached hydrogens (tertiary/aromatic N) is 2. The molecule has 3 aliphatic heterocycles. The van der Waals surface area contributed by atoms with Crippen molar-refractivity contribution in [2.75, 3.05) is 4.90 Å². The van der Waals surface area contributed by atoms with Crippen molar-refractivity contribution in [1.82, 2.24) is 4.57 Å². The number of allylic oxidation sites excluding steroid dienone is 5. The fourth-order valence-electron chi connectivity index (χ4n) is 7.98. The molecule has 0 spiro atoms. The molecule has 4 aromatic carbocycles. The van der Waals surface area contributed by atoms with Crippen molar-refractivity contribution in [2.45, 2.75) is 24.7 Å². The van der Waals surface area contributed by atoms with Gasteiger partial charge in [0.05, 0.1) is 17.4 Å². The molecular weight excluding hydrogens is 503 g/mol. The van der Waals surface area contributed by atoms with Gasteiger partial charge in [0.15, 0.2) is 11.5 Å². The molecule has 2 atom stereocenters. The maximum absolute atomic E-state index is 6.63. The highest BCUT2D eigenvalue weighted by Crippen LogP contribution is 2.55. The molecule has 41 heavy (non-hydrogen) atoms. The molecule has 2 aliphatic carbocycles. The van der Waals surface area contributed by atoms with Crippen LogP contribution in [0.4, 0.5) is 17.1 Å². The van der Waals surface area contributed by atoms with Crippen LogP contribution in [0.2, 0.25) is 5.82 Å². The summed E-state index contributed by atoms with van der Waals surface area (Å²) in [4.78, 5) is 2.35. The summed E-state index contributed by atoms with van der Waals surface area (Å²) in [5.74, 6) is 4.28. The summed E-state index contributed by atoms with van der Waals surface area (Å²) in [5.41, 5.74) is 10.1. The number of fused-ring (bicyclic) bond motifs is 10. The summed E-state index contributed by atoms with van der Waals surface area (Å²) >= 11 is 0. The van der Waals surface area contributed by atoms with Gasteiger partial charge >= 0.3 is 0 Å². The van der Waals surface area contributed by atoms with Crippen molar-refractivity contribution in [3.63, 3.8) is 0 Å². The van der Waals surface area contributed by atoms with Crippen LogP contribution >= 0.6 is 0 Å². The van der Waals surface area contributed by atoms with E-state index in [1.807, 2.05) is 12.1 Å². The molecule has 2 unspecified atom stereocenters. The van der Waals surface area contributed by atoms with Gasteiger partial charge in [0.25, 0.3) is 0 Å². The van der Waals surface area contributed by atoms with E-state index in [9.17, 15) is 0 Å². The number of ether oxygens (including phenoxy) is 2. The third-order valence-electron chi connectivity index (χ3n) is 9.57. The Morgan fingerprint density at radius 3 is 2.27 bits per heavy atom. The summed E-state index contributed by atoms with van der Waals surface area (Å²) in [5, 5.41) is 1.34. The van der Waals surface area contributed by atoms with Crippen molar-refractivity contribution in [1.29, 1.82) is 0 Å². The third-order valence-corrected chi connectivity index (χ3v) is 9.57. The van der Waals surface area contributed by atoms with Gasteiger partial charge in [-0.3, -0.25) is 0 Å². The van der Waals surface area contributed by atoms with Gasteiger partial charge in [0.1, 0.15) is 11.5 Å². The molecule has 1 aromatic heterocycles. The number of anilines is 3. The highest BCUT2D eigenvalue weighted by atomic mass is 16.5. The molecule has 194 valence electrons. The minimum Gasteiger partial charge on any atom is -0.463 e. The number of hydrogen-bond donors (Lipinski definition) is 0. The van der Waals surface area contributed by atoms with Gasteiger partial charge in [-0.1, -0.05) is 66.8 Å². The van der Waals surface area contributed by atoms with Crippen LogP contribution in [-0.4, -0.2) is 11.3 Å². The average Bonchev–Trinajstić information content (AvgIpc) is 3.37. The summed E-state index contributed by atoms with van der Waals surface area (Å²) in [6.45, 7) is 0.300. The van der Waals surface area contributed by atoms with E-state index in [1.165, 1.54) is 33.1 Å². The van der Waals surface area contributed by atoms with Crippen molar-refractivity contribution in [3.8, 4) is 17.2 Å². The summed E-state index contributed by atoms with van der Waals surface area (Å²) in [6, 6.07) is 32.6. The van der Waals surface area contributed by atoms with E-state index in [0.717, 1.165) is 52.9 Å². The molecule has 5 aromatic rings. The van der Waals surface area contributed by atoms with Crippen LogP contribution in [0.5, 0.6) is 17.2 Å². The minimum atomic E-state index is 0.265. The number of hydrogen-bond acceptors (Lipinski definition) is 3. The molecule has 0 N–H and O–H groups in total. The second-order valence-corrected chi connectivity index (χ2v) is 11.6. The zero-order chi connectivity index (χ0) is 26.7. The first-order valence-corrected chi connectivity index (χ1v) is 14.5. The van der Waals surface area contributed by atoms with Crippen LogP contribution in [0.15, 0.2) is 121 Å². The first kappa shape index (κ1) is 21.9. The highest BCUT2D eigenvalue weighted by Gasteiger charge is 2.49. The quantitative estimate of drug-likeness (QED) is 0.201. The Morgan fingerprint density at radius 2 is 1.44 bits per heavy atom. The van der Waals surface area contributed by atoms with Gasteiger partial charge < -0.3 is 18.9 Å². The van der Waals surface area contributed by atoms with E-state index >= 15 is 0 Å². The molecule has 0 fully saturated rings. The largest absolute Gasteiger partial charge is 0.463 e. The maximum atomic E-state index is 6.63. The Bertz CT molecular complexity index is 2000. The predicted molar refractivity (Wildman–Crippen MR) is 165 cm³/mol. The van der Waals surface area contributed by atoms with Crippen molar-refractivity contribution in [3.05, 3.63) is 132 Å². The smallest absolute Gasteiger partial charge is 0.230 e. The normalized spacial score (nSPS) is 20.5. The fraction of sp³-hybridized carbons (Fsp3) is 0.111. The van der Waals surface area contributed by atoms with Gasteiger partial charge in [-0.25, -0.2) is 0 Å². The SMILES string of the molecule is C1=CC2B3C4=C(CCc5c4n(c4ccc(N6c7ccccc7Oc7ccccc76)cc54)C2C=C1)Oc1ccccc13. The van der Waals surface area contributed by atoms with Crippen LogP contribution in [-0.2, 0) is 6.42 Å². The third kappa shape index (κ3) is 2.81. The average molecular weight is 528 g/mol.